The summed E-state index contributed by atoms with van der Waals surface area (Å²) in [5, 5.41) is 12.8. The molecule has 6 nitrogen and oxygen atoms in total. The highest BCUT2D eigenvalue weighted by molar-refractivity contribution is 9.09. The van der Waals surface area contributed by atoms with Crippen LogP contribution in [0.25, 0.3) is 0 Å². The van der Waals surface area contributed by atoms with Crippen LogP contribution in [0.1, 0.15) is 15.4 Å². The highest BCUT2D eigenvalue weighted by atomic mass is 79.9. The van der Waals surface area contributed by atoms with E-state index in [-0.39, 0.29) is 12.7 Å². The number of halogens is 1. The van der Waals surface area contributed by atoms with E-state index >= 15 is 0 Å². The van der Waals surface area contributed by atoms with Crippen LogP contribution < -0.4 is 14.8 Å². The van der Waals surface area contributed by atoms with E-state index in [4.69, 9.17) is 9.47 Å². The van der Waals surface area contributed by atoms with Gasteiger partial charge in [0.2, 0.25) is 11.9 Å². The van der Waals surface area contributed by atoms with Crippen molar-refractivity contribution in [1.82, 2.24) is 10.2 Å². The number of nitrogens with one attached hydrogen (secondary N) is 1. The van der Waals surface area contributed by atoms with Gasteiger partial charge in [-0.1, -0.05) is 27.3 Å². The van der Waals surface area contributed by atoms with E-state index in [0.717, 1.165) is 16.8 Å². The Bertz CT molecular complexity index is 647. The van der Waals surface area contributed by atoms with Crippen molar-refractivity contribution in [3.63, 3.8) is 0 Å². The molecule has 104 valence electrons. The van der Waals surface area contributed by atoms with Crippen LogP contribution in [0.4, 0.5) is 5.13 Å². The minimum Gasteiger partial charge on any atom is -0.454 e. The molecule has 20 heavy (non-hydrogen) atoms. The summed E-state index contributed by atoms with van der Waals surface area (Å²) < 4.78 is 10.4. The Balaban J connectivity index is 1.72. The molecular weight excluding hydrogens is 346 g/mol. The van der Waals surface area contributed by atoms with Crippen molar-refractivity contribution in [3.05, 3.63) is 28.8 Å². The summed E-state index contributed by atoms with van der Waals surface area (Å²) in [5.74, 6) is 0.983. The monoisotopic (exact) mass is 355 g/mol. The van der Waals surface area contributed by atoms with E-state index in [2.05, 4.69) is 31.4 Å². The number of carbonyl (C=O) groups is 1. The van der Waals surface area contributed by atoms with Gasteiger partial charge >= 0.3 is 0 Å². The molecule has 2 heterocycles. The Morgan fingerprint density at radius 1 is 1.35 bits per heavy atom. The number of alkyl halides is 1. The van der Waals surface area contributed by atoms with E-state index in [9.17, 15) is 4.79 Å². The van der Waals surface area contributed by atoms with Gasteiger partial charge in [-0.25, -0.2) is 0 Å². The Labute approximate surface area is 127 Å². The largest absolute Gasteiger partial charge is 0.454 e. The van der Waals surface area contributed by atoms with Gasteiger partial charge in [-0.2, -0.15) is 0 Å². The number of rotatable bonds is 4. The first-order valence-electron chi connectivity index (χ1n) is 5.85. The molecule has 0 saturated heterocycles. The fraction of sp³-hybridized carbons (Fsp3) is 0.250. The molecule has 3 rings (SSSR count). The predicted octanol–water partition coefficient (Wildman–Crippen LogP) is 2.46. The number of nitrogens with zero attached hydrogens (tertiary/aromatic N) is 2. The van der Waals surface area contributed by atoms with Crippen molar-refractivity contribution < 1.29 is 14.3 Å². The fourth-order valence-electron chi connectivity index (χ4n) is 1.69. The van der Waals surface area contributed by atoms with Crippen LogP contribution in [0.5, 0.6) is 11.5 Å². The number of hydrogen-bond donors (Lipinski definition) is 1. The third kappa shape index (κ3) is 2.75. The molecule has 1 aromatic heterocycles. The zero-order valence-electron chi connectivity index (χ0n) is 10.3. The summed E-state index contributed by atoms with van der Waals surface area (Å²) in [6, 6.07) is 5.05. The van der Waals surface area contributed by atoms with E-state index in [1.54, 1.807) is 18.2 Å². The van der Waals surface area contributed by atoms with Crippen LogP contribution in [0.2, 0.25) is 0 Å². The molecule has 0 aliphatic carbocycles. The average Bonchev–Trinajstić information content (AvgIpc) is 3.07. The first-order chi connectivity index (χ1) is 9.76. The molecule has 1 N–H and O–H groups in total. The number of amides is 1. The lowest BCUT2D eigenvalue weighted by molar-refractivity contribution is 0.102. The minimum absolute atomic E-state index is 0.187. The Morgan fingerprint density at radius 3 is 3.05 bits per heavy atom. The summed E-state index contributed by atoms with van der Waals surface area (Å²) in [7, 11) is 0. The van der Waals surface area contributed by atoms with Crippen LogP contribution in [-0.4, -0.2) is 28.2 Å². The number of benzene rings is 1. The van der Waals surface area contributed by atoms with E-state index in [0.29, 0.717) is 22.2 Å². The van der Waals surface area contributed by atoms with Gasteiger partial charge in [0.25, 0.3) is 5.91 Å². The summed E-state index contributed by atoms with van der Waals surface area (Å²) in [5.41, 5.74) is 0.492. The summed E-state index contributed by atoms with van der Waals surface area (Å²) in [6.07, 6.45) is 0.789. The van der Waals surface area contributed by atoms with Crippen molar-refractivity contribution in [3.8, 4) is 11.5 Å². The molecule has 0 saturated carbocycles. The fourth-order valence-corrected chi connectivity index (χ4v) is 3.07. The number of carbonyl (C=O) groups excluding carboxylic acids is 1. The van der Waals surface area contributed by atoms with Crippen LogP contribution in [-0.2, 0) is 6.42 Å². The van der Waals surface area contributed by atoms with Crippen molar-refractivity contribution in [1.29, 1.82) is 0 Å². The highest BCUT2D eigenvalue weighted by Crippen LogP contribution is 2.32. The topological polar surface area (TPSA) is 73.3 Å². The summed E-state index contributed by atoms with van der Waals surface area (Å²) in [4.78, 5) is 12.1. The SMILES string of the molecule is O=C(Nc1nnc(CCBr)s1)c1ccc2c(c1)OCO2. The third-order valence-corrected chi connectivity index (χ3v) is 3.93. The third-order valence-electron chi connectivity index (χ3n) is 2.63. The number of anilines is 1. The van der Waals surface area contributed by atoms with Crippen LogP contribution in [0.15, 0.2) is 18.2 Å². The molecular formula is C12H10BrN3O3S. The van der Waals surface area contributed by atoms with Gasteiger partial charge in [0.1, 0.15) is 5.01 Å². The second-order valence-electron chi connectivity index (χ2n) is 3.96. The molecule has 1 aliphatic rings. The molecule has 2 aromatic rings. The maximum absolute atomic E-state index is 12.1. The highest BCUT2D eigenvalue weighted by Gasteiger charge is 2.17. The molecule has 1 aliphatic heterocycles. The predicted molar refractivity (Wildman–Crippen MR) is 77.9 cm³/mol. The summed E-state index contributed by atoms with van der Waals surface area (Å²) >= 11 is 4.70. The van der Waals surface area contributed by atoms with E-state index in [1.165, 1.54) is 11.3 Å². The lowest BCUT2D eigenvalue weighted by Gasteiger charge is -2.02. The number of aromatic nitrogens is 2. The molecule has 0 radical (unpaired) electrons. The van der Waals surface area contributed by atoms with Crippen molar-refractivity contribution in [2.24, 2.45) is 0 Å². The van der Waals surface area contributed by atoms with Gasteiger partial charge in [-0.05, 0) is 18.2 Å². The van der Waals surface area contributed by atoms with Crippen LogP contribution >= 0.6 is 27.3 Å². The summed E-state index contributed by atoms with van der Waals surface area (Å²) in [6.45, 7) is 0.187. The van der Waals surface area contributed by atoms with Gasteiger partial charge < -0.3 is 9.47 Å². The number of ether oxygens (including phenoxy) is 2. The van der Waals surface area contributed by atoms with Gasteiger partial charge in [-0.15, -0.1) is 10.2 Å². The van der Waals surface area contributed by atoms with E-state index < -0.39 is 0 Å². The van der Waals surface area contributed by atoms with Crippen molar-refractivity contribution in [2.45, 2.75) is 6.42 Å². The molecule has 0 atom stereocenters. The molecule has 0 bridgehead atoms. The maximum Gasteiger partial charge on any atom is 0.257 e. The van der Waals surface area contributed by atoms with Crippen molar-refractivity contribution >= 4 is 38.3 Å². The lowest BCUT2D eigenvalue weighted by atomic mass is 10.2. The normalized spacial score (nSPS) is 12.4. The second-order valence-corrected chi connectivity index (χ2v) is 5.82. The second kappa shape index (κ2) is 5.76. The number of aryl methyl sites for hydroxylation is 1. The zero-order chi connectivity index (χ0) is 13.9. The molecule has 0 fully saturated rings. The van der Waals surface area contributed by atoms with Gasteiger partial charge in [0, 0.05) is 17.3 Å². The molecule has 0 unspecified atom stereocenters. The Hall–Kier alpha value is -1.67. The number of hydrogen-bond acceptors (Lipinski definition) is 6. The smallest absolute Gasteiger partial charge is 0.257 e. The first kappa shape index (κ1) is 13.3. The maximum atomic E-state index is 12.1. The number of fused-ring (bicyclic) bond motifs is 1. The van der Waals surface area contributed by atoms with Gasteiger partial charge in [0.15, 0.2) is 11.5 Å². The Kier molecular flexibility index (Phi) is 3.83. The average molecular weight is 356 g/mol. The Morgan fingerprint density at radius 2 is 2.20 bits per heavy atom. The van der Waals surface area contributed by atoms with Crippen LogP contribution in [0, 0.1) is 0 Å². The zero-order valence-corrected chi connectivity index (χ0v) is 12.7. The first-order valence-corrected chi connectivity index (χ1v) is 7.79. The quantitative estimate of drug-likeness (QED) is 0.852. The lowest BCUT2D eigenvalue weighted by Crippen LogP contribution is -2.11. The van der Waals surface area contributed by atoms with Crippen LogP contribution in [0.3, 0.4) is 0 Å². The molecule has 1 aromatic carbocycles. The molecule has 8 heteroatoms. The molecule has 0 spiro atoms. The standard InChI is InChI=1S/C12H10BrN3O3S/c13-4-3-10-15-16-12(20-10)14-11(17)7-1-2-8-9(5-7)19-6-18-8/h1-2,5H,3-4,6H2,(H,14,16,17). The van der Waals surface area contributed by atoms with Gasteiger partial charge in [0.05, 0.1) is 0 Å². The molecule has 1 amide bonds. The minimum atomic E-state index is -0.246. The van der Waals surface area contributed by atoms with Gasteiger partial charge in [-0.3, -0.25) is 10.1 Å². The van der Waals surface area contributed by atoms with Crippen molar-refractivity contribution in [2.75, 3.05) is 17.4 Å². The van der Waals surface area contributed by atoms with E-state index in [1.807, 2.05) is 0 Å².